The molecule has 3 aromatic rings. The van der Waals surface area contributed by atoms with Gasteiger partial charge < -0.3 is 4.90 Å². The quantitative estimate of drug-likeness (QED) is 0.665. The summed E-state index contributed by atoms with van der Waals surface area (Å²) < 4.78 is 4.67. The Hall–Kier alpha value is -2.25. The second-order valence-electron chi connectivity index (χ2n) is 6.98. The van der Waals surface area contributed by atoms with Crippen LogP contribution in [0, 0.1) is 25.5 Å². The van der Waals surface area contributed by atoms with Crippen molar-refractivity contribution < 1.29 is 0 Å². The van der Waals surface area contributed by atoms with Gasteiger partial charge in [-0.05, 0) is 50.7 Å². The number of anilines is 1. The van der Waals surface area contributed by atoms with Gasteiger partial charge in [0.2, 0.25) is 4.77 Å². The standard InChI is InChI=1S/C19H24N6S/c1-14-6-4-5-7-17(14)23-10-8-22(9-11-23)13-24-19(26)21-18-20-15(2)12-16(3)25(18)24/h4-7,12H,8-11,13H2,1-3H3. The van der Waals surface area contributed by atoms with Crippen molar-refractivity contribution in [3.8, 4) is 0 Å². The topological polar surface area (TPSA) is 41.6 Å². The van der Waals surface area contributed by atoms with Crippen LogP contribution in [0.25, 0.3) is 5.78 Å². The molecule has 0 saturated carbocycles. The van der Waals surface area contributed by atoms with E-state index in [0.29, 0.717) is 10.5 Å². The van der Waals surface area contributed by atoms with E-state index in [1.54, 1.807) is 0 Å². The Labute approximate surface area is 158 Å². The summed E-state index contributed by atoms with van der Waals surface area (Å²) in [6.45, 7) is 11.0. The zero-order valence-corrected chi connectivity index (χ0v) is 16.3. The first-order chi connectivity index (χ1) is 12.5. The van der Waals surface area contributed by atoms with Gasteiger partial charge in [-0.15, -0.1) is 0 Å². The molecule has 1 fully saturated rings. The molecule has 0 spiro atoms. The molecule has 0 aliphatic carbocycles. The third-order valence-corrected chi connectivity index (χ3v) is 5.34. The minimum absolute atomic E-state index is 0.590. The number of hydrogen-bond acceptors (Lipinski definition) is 5. The van der Waals surface area contributed by atoms with Gasteiger partial charge in [0.15, 0.2) is 0 Å². The van der Waals surface area contributed by atoms with Gasteiger partial charge in [-0.3, -0.25) is 4.90 Å². The molecule has 0 unspecified atom stereocenters. The Morgan fingerprint density at radius 1 is 1.00 bits per heavy atom. The maximum atomic E-state index is 5.50. The zero-order valence-electron chi connectivity index (χ0n) is 15.5. The van der Waals surface area contributed by atoms with E-state index < -0.39 is 0 Å². The highest BCUT2D eigenvalue weighted by Crippen LogP contribution is 2.21. The summed E-state index contributed by atoms with van der Waals surface area (Å²) in [4.78, 5) is 13.9. The summed E-state index contributed by atoms with van der Waals surface area (Å²) in [6.07, 6.45) is 0. The van der Waals surface area contributed by atoms with Gasteiger partial charge in [0.05, 0.1) is 6.67 Å². The van der Waals surface area contributed by atoms with Gasteiger partial charge in [-0.1, -0.05) is 18.2 Å². The van der Waals surface area contributed by atoms with Crippen molar-refractivity contribution in [3.05, 3.63) is 52.1 Å². The van der Waals surface area contributed by atoms with Crippen LogP contribution in [-0.4, -0.2) is 50.2 Å². The van der Waals surface area contributed by atoms with Gasteiger partial charge in [-0.2, -0.15) is 4.98 Å². The van der Waals surface area contributed by atoms with Gasteiger partial charge in [-0.25, -0.2) is 14.2 Å². The number of aromatic nitrogens is 4. The third kappa shape index (κ3) is 3.12. The summed E-state index contributed by atoms with van der Waals surface area (Å²) in [6, 6.07) is 10.7. The number of aryl methyl sites for hydroxylation is 3. The zero-order chi connectivity index (χ0) is 18.3. The lowest BCUT2D eigenvalue weighted by atomic mass is 10.1. The molecule has 4 rings (SSSR count). The van der Waals surface area contributed by atoms with Crippen LogP contribution < -0.4 is 4.90 Å². The van der Waals surface area contributed by atoms with Crippen molar-refractivity contribution in [1.29, 1.82) is 0 Å². The van der Waals surface area contributed by atoms with E-state index in [2.05, 4.69) is 68.6 Å². The largest absolute Gasteiger partial charge is 0.369 e. The molecule has 3 heterocycles. The lowest BCUT2D eigenvalue weighted by molar-refractivity contribution is 0.190. The molecule has 1 aromatic carbocycles. The van der Waals surface area contributed by atoms with Crippen molar-refractivity contribution in [2.75, 3.05) is 31.1 Å². The van der Waals surface area contributed by atoms with E-state index >= 15 is 0 Å². The molecule has 0 amide bonds. The van der Waals surface area contributed by atoms with Crippen LogP contribution in [0.3, 0.4) is 0 Å². The Morgan fingerprint density at radius 2 is 1.73 bits per heavy atom. The second-order valence-corrected chi connectivity index (χ2v) is 7.34. The highest BCUT2D eigenvalue weighted by Gasteiger charge is 2.20. The maximum absolute atomic E-state index is 5.50. The molecule has 6 nitrogen and oxygen atoms in total. The highest BCUT2D eigenvalue weighted by molar-refractivity contribution is 7.71. The molecule has 0 N–H and O–H groups in total. The van der Waals surface area contributed by atoms with Gasteiger partial charge >= 0.3 is 0 Å². The fourth-order valence-electron chi connectivity index (χ4n) is 3.72. The van der Waals surface area contributed by atoms with Crippen molar-refractivity contribution in [2.24, 2.45) is 0 Å². The molecule has 1 aliphatic heterocycles. The Morgan fingerprint density at radius 3 is 2.46 bits per heavy atom. The summed E-state index contributed by atoms with van der Waals surface area (Å²) in [7, 11) is 0. The Kier molecular flexibility index (Phi) is 4.50. The van der Waals surface area contributed by atoms with Crippen LogP contribution in [0.15, 0.2) is 30.3 Å². The first kappa shape index (κ1) is 17.2. The van der Waals surface area contributed by atoms with Crippen molar-refractivity contribution in [2.45, 2.75) is 27.4 Å². The van der Waals surface area contributed by atoms with E-state index in [9.17, 15) is 0 Å². The summed E-state index contributed by atoms with van der Waals surface area (Å²) in [5.74, 6) is 0.686. The minimum Gasteiger partial charge on any atom is -0.369 e. The highest BCUT2D eigenvalue weighted by atomic mass is 32.1. The molecule has 0 bridgehead atoms. The van der Waals surface area contributed by atoms with Crippen LogP contribution in [-0.2, 0) is 6.67 Å². The minimum atomic E-state index is 0.590. The monoisotopic (exact) mass is 368 g/mol. The molecule has 1 aliphatic rings. The smallest absolute Gasteiger partial charge is 0.252 e. The number of benzene rings is 1. The van der Waals surface area contributed by atoms with Crippen molar-refractivity contribution >= 4 is 23.7 Å². The molecular formula is C19H24N6S. The molecule has 0 atom stereocenters. The number of hydrogen-bond donors (Lipinski definition) is 0. The van der Waals surface area contributed by atoms with E-state index in [0.717, 1.165) is 44.2 Å². The van der Waals surface area contributed by atoms with Crippen molar-refractivity contribution in [1.82, 2.24) is 24.1 Å². The van der Waals surface area contributed by atoms with E-state index in [-0.39, 0.29) is 0 Å². The Bertz CT molecular complexity index is 997. The molecule has 26 heavy (non-hydrogen) atoms. The molecule has 0 radical (unpaired) electrons. The predicted molar refractivity (Wildman–Crippen MR) is 106 cm³/mol. The summed E-state index contributed by atoms with van der Waals surface area (Å²) in [5, 5.41) is 0. The first-order valence-corrected chi connectivity index (χ1v) is 9.40. The van der Waals surface area contributed by atoms with Crippen LogP contribution >= 0.6 is 12.2 Å². The number of rotatable bonds is 3. The second kappa shape index (κ2) is 6.81. The fourth-order valence-corrected chi connectivity index (χ4v) is 3.94. The lowest BCUT2D eigenvalue weighted by Gasteiger charge is -2.36. The van der Waals surface area contributed by atoms with E-state index in [1.807, 2.05) is 11.4 Å². The van der Waals surface area contributed by atoms with Crippen LogP contribution in [0.1, 0.15) is 17.0 Å². The van der Waals surface area contributed by atoms with Gasteiger partial charge in [0.25, 0.3) is 5.78 Å². The molecule has 7 heteroatoms. The average molecular weight is 369 g/mol. The molecule has 2 aromatic heterocycles. The number of piperazine rings is 1. The molecular weight excluding hydrogens is 344 g/mol. The fraction of sp³-hybridized carbons (Fsp3) is 0.421. The van der Waals surface area contributed by atoms with Crippen LogP contribution in [0.5, 0.6) is 0 Å². The molecule has 136 valence electrons. The summed E-state index contributed by atoms with van der Waals surface area (Å²) in [5.41, 5.74) is 4.75. The van der Waals surface area contributed by atoms with Gasteiger partial charge in [0, 0.05) is 43.3 Å². The third-order valence-electron chi connectivity index (χ3n) is 5.04. The summed E-state index contributed by atoms with van der Waals surface area (Å²) >= 11 is 5.50. The average Bonchev–Trinajstić information content (AvgIpc) is 2.91. The van der Waals surface area contributed by atoms with Crippen LogP contribution in [0.2, 0.25) is 0 Å². The number of fused-ring (bicyclic) bond motifs is 1. The van der Waals surface area contributed by atoms with Gasteiger partial charge in [0.1, 0.15) is 0 Å². The van der Waals surface area contributed by atoms with Crippen LogP contribution in [0.4, 0.5) is 5.69 Å². The number of nitrogens with zero attached hydrogens (tertiary/aromatic N) is 6. The normalized spacial score (nSPS) is 15.7. The number of para-hydroxylation sites is 1. The predicted octanol–water partition coefficient (Wildman–Crippen LogP) is 2.97. The Balaban J connectivity index is 1.52. The SMILES string of the molecule is Cc1cc(C)n2c(n1)nc(=S)n2CN1CCN(c2ccccc2C)CC1. The van der Waals surface area contributed by atoms with Crippen molar-refractivity contribution in [3.63, 3.8) is 0 Å². The van der Waals surface area contributed by atoms with E-state index in [1.165, 1.54) is 11.3 Å². The first-order valence-electron chi connectivity index (χ1n) is 9.00. The maximum Gasteiger partial charge on any atom is 0.252 e. The van der Waals surface area contributed by atoms with E-state index in [4.69, 9.17) is 12.2 Å². The lowest BCUT2D eigenvalue weighted by Crippen LogP contribution is -2.47. The molecule has 1 saturated heterocycles.